The molecule has 2 N–H and O–H groups in total. The lowest BCUT2D eigenvalue weighted by Crippen LogP contribution is -2.24. The van der Waals surface area contributed by atoms with Crippen molar-refractivity contribution >= 4 is 11.6 Å². The summed E-state index contributed by atoms with van der Waals surface area (Å²) in [4.78, 5) is 4.29. The van der Waals surface area contributed by atoms with Crippen molar-refractivity contribution in [3.05, 3.63) is 64.2 Å². The number of ether oxygens (including phenoxy) is 1. The molecule has 5 nitrogen and oxygen atoms in total. The Morgan fingerprint density at radius 3 is 2.35 bits per heavy atom. The van der Waals surface area contributed by atoms with E-state index >= 15 is 0 Å². The molecule has 0 heterocycles. The molecule has 0 aliphatic rings. The second-order valence-corrected chi connectivity index (χ2v) is 6.82. The van der Waals surface area contributed by atoms with Crippen LogP contribution in [0.5, 0.6) is 5.75 Å². The third-order valence-corrected chi connectivity index (χ3v) is 4.01. The van der Waals surface area contributed by atoms with Crippen molar-refractivity contribution in [2.75, 3.05) is 34.3 Å². The standard InChI is InChI=1S/C20H24ClN3O.H2O/c1-23(2)15-18-12-19(21)8-9-20(18)25-11-10-24(3)14-17-6-4-16(13-22)5-7-17;/h4-9,12H,10-11,14-15H2,1-3H3;1H2. The molecule has 0 unspecified atom stereocenters. The molecule has 2 rings (SSSR count). The summed E-state index contributed by atoms with van der Waals surface area (Å²) in [6, 6.07) is 15.6. The van der Waals surface area contributed by atoms with E-state index in [9.17, 15) is 0 Å². The first-order valence-corrected chi connectivity index (χ1v) is 8.59. The highest BCUT2D eigenvalue weighted by Crippen LogP contribution is 2.24. The molecule has 140 valence electrons. The van der Waals surface area contributed by atoms with Gasteiger partial charge >= 0.3 is 0 Å². The number of likely N-dealkylation sites (N-methyl/N-ethyl adjacent to an activating group) is 1. The van der Waals surface area contributed by atoms with Gasteiger partial charge in [-0.05, 0) is 57.0 Å². The van der Waals surface area contributed by atoms with E-state index in [0.29, 0.717) is 12.2 Å². The van der Waals surface area contributed by atoms with Crippen LogP contribution in [0.4, 0.5) is 0 Å². The molecular formula is C20H26ClN3O2. The first kappa shape index (κ1) is 21.9. The molecule has 0 saturated carbocycles. The molecular weight excluding hydrogens is 350 g/mol. The minimum Gasteiger partial charge on any atom is -0.492 e. The predicted molar refractivity (Wildman–Crippen MR) is 105 cm³/mol. The molecule has 0 saturated heterocycles. The molecule has 0 fully saturated rings. The number of nitrogens with zero attached hydrogens (tertiary/aromatic N) is 3. The van der Waals surface area contributed by atoms with Gasteiger partial charge in [0, 0.05) is 30.2 Å². The number of halogens is 1. The lowest BCUT2D eigenvalue weighted by molar-refractivity contribution is 0.229. The molecule has 2 aromatic rings. The highest BCUT2D eigenvalue weighted by Gasteiger charge is 2.07. The summed E-state index contributed by atoms with van der Waals surface area (Å²) in [5.74, 6) is 0.880. The molecule has 0 radical (unpaired) electrons. The summed E-state index contributed by atoms with van der Waals surface area (Å²) in [5, 5.41) is 9.56. The van der Waals surface area contributed by atoms with Crippen molar-refractivity contribution in [3.8, 4) is 11.8 Å². The minimum absolute atomic E-state index is 0. The topological polar surface area (TPSA) is 71.0 Å². The van der Waals surface area contributed by atoms with E-state index in [2.05, 4.69) is 22.9 Å². The van der Waals surface area contributed by atoms with Gasteiger partial charge in [0.05, 0.1) is 11.6 Å². The lowest BCUT2D eigenvalue weighted by Gasteiger charge is -2.19. The average Bonchev–Trinajstić information content (AvgIpc) is 2.57. The van der Waals surface area contributed by atoms with Gasteiger partial charge in [0.2, 0.25) is 0 Å². The van der Waals surface area contributed by atoms with E-state index in [4.69, 9.17) is 21.6 Å². The van der Waals surface area contributed by atoms with Gasteiger partial charge in [0.15, 0.2) is 0 Å². The van der Waals surface area contributed by atoms with E-state index < -0.39 is 0 Å². The summed E-state index contributed by atoms with van der Waals surface area (Å²) in [6.45, 7) is 3.02. The van der Waals surface area contributed by atoms with E-state index in [1.54, 1.807) is 0 Å². The Morgan fingerprint density at radius 1 is 1.04 bits per heavy atom. The van der Waals surface area contributed by atoms with E-state index in [1.807, 2.05) is 56.6 Å². The van der Waals surface area contributed by atoms with Crippen LogP contribution >= 0.6 is 11.6 Å². The van der Waals surface area contributed by atoms with Crippen LogP contribution in [0.15, 0.2) is 42.5 Å². The molecule has 0 aliphatic carbocycles. The van der Waals surface area contributed by atoms with Gasteiger partial charge in [-0.25, -0.2) is 0 Å². The highest BCUT2D eigenvalue weighted by atomic mass is 35.5. The Bertz CT molecular complexity index is 727. The van der Waals surface area contributed by atoms with Crippen LogP contribution in [0.2, 0.25) is 5.02 Å². The van der Waals surface area contributed by atoms with Gasteiger partial charge in [0.1, 0.15) is 12.4 Å². The van der Waals surface area contributed by atoms with Crippen LogP contribution in [0, 0.1) is 11.3 Å². The first-order chi connectivity index (χ1) is 12.0. The minimum atomic E-state index is 0. The number of hydrogen-bond donors (Lipinski definition) is 0. The zero-order chi connectivity index (χ0) is 18.2. The fraction of sp³-hybridized carbons (Fsp3) is 0.350. The van der Waals surface area contributed by atoms with Crippen molar-refractivity contribution in [1.29, 1.82) is 5.26 Å². The maximum absolute atomic E-state index is 8.84. The van der Waals surface area contributed by atoms with Crippen LogP contribution in [0.3, 0.4) is 0 Å². The summed E-state index contributed by atoms with van der Waals surface area (Å²) < 4.78 is 5.97. The summed E-state index contributed by atoms with van der Waals surface area (Å²) >= 11 is 6.09. The van der Waals surface area contributed by atoms with Crippen LogP contribution in [-0.2, 0) is 13.1 Å². The van der Waals surface area contributed by atoms with Crippen LogP contribution < -0.4 is 4.74 Å². The largest absolute Gasteiger partial charge is 0.492 e. The summed E-state index contributed by atoms with van der Waals surface area (Å²) in [6.07, 6.45) is 0. The Labute approximate surface area is 160 Å². The quantitative estimate of drug-likeness (QED) is 0.711. The molecule has 2 aromatic carbocycles. The SMILES string of the molecule is CN(C)Cc1cc(Cl)ccc1OCCN(C)Cc1ccc(C#N)cc1.O. The fourth-order valence-corrected chi connectivity index (χ4v) is 2.73. The molecule has 26 heavy (non-hydrogen) atoms. The predicted octanol–water partition coefficient (Wildman–Crippen LogP) is 2.96. The lowest BCUT2D eigenvalue weighted by atomic mass is 10.1. The molecule has 0 amide bonds. The first-order valence-electron chi connectivity index (χ1n) is 8.21. The maximum Gasteiger partial charge on any atom is 0.123 e. The number of benzene rings is 2. The fourth-order valence-electron chi connectivity index (χ4n) is 2.54. The summed E-state index contributed by atoms with van der Waals surface area (Å²) in [5.41, 5.74) is 2.96. The molecule has 0 aromatic heterocycles. The van der Waals surface area contributed by atoms with Crippen molar-refractivity contribution < 1.29 is 10.2 Å². The van der Waals surface area contributed by atoms with E-state index in [1.165, 1.54) is 5.56 Å². The number of hydrogen-bond acceptors (Lipinski definition) is 4. The van der Waals surface area contributed by atoms with Crippen molar-refractivity contribution in [3.63, 3.8) is 0 Å². The molecule has 0 bridgehead atoms. The van der Waals surface area contributed by atoms with Gasteiger partial charge in [-0.2, -0.15) is 5.26 Å². The van der Waals surface area contributed by atoms with Crippen LogP contribution in [-0.4, -0.2) is 49.6 Å². The number of rotatable bonds is 8. The monoisotopic (exact) mass is 375 g/mol. The third kappa shape index (κ3) is 7.03. The zero-order valence-corrected chi connectivity index (χ0v) is 16.3. The van der Waals surface area contributed by atoms with Gasteiger partial charge in [0.25, 0.3) is 0 Å². The van der Waals surface area contributed by atoms with Crippen LogP contribution in [0.25, 0.3) is 0 Å². The number of nitriles is 1. The Morgan fingerprint density at radius 2 is 1.73 bits per heavy atom. The Balaban J connectivity index is 0.00000338. The Kier molecular flexibility index (Phi) is 9.11. The Hall–Kier alpha value is -2.10. The normalized spacial score (nSPS) is 10.5. The van der Waals surface area contributed by atoms with Gasteiger partial charge in [-0.1, -0.05) is 23.7 Å². The highest BCUT2D eigenvalue weighted by molar-refractivity contribution is 6.30. The van der Waals surface area contributed by atoms with Crippen molar-refractivity contribution in [2.24, 2.45) is 0 Å². The van der Waals surface area contributed by atoms with E-state index in [0.717, 1.165) is 36.0 Å². The maximum atomic E-state index is 8.84. The second-order valence-electron chi connectivity index (χ2n) is 6.38. The average molecular weight is 376 g/mol. The summed E-state index contributed by atoms with van der Waals surface area (Å²) in [7, 11) is 6.11. The van der Waals surface area contributed by atoms with Gasteiger partial charge in [-0.15, -0.1) is 0 Å². The molecule has 0 aliphatic heterocycles. The molecule has 0 atom stereocenters. The zero-order valence-electron chi connectivity index (χ0n) is 15.5. The van der Waals surface area contributed by atoms with Gasteiger partial charge in [-0.3, -0.25) is 4.90 Å². The molecule has 6 heteroatoms. The van der Waals surface area contributed by atoms with Crippen LogP contribution in [0.1, 0.15) is 16.7 Å². The molecule has 0 spiro atoms. The van der Waals surface area contributed by atoms with Crippen molar-refractivity contribution in [2.45, 2.75) is 13.1 Å². The second kappa shape index (κ2) is 10.8. The smallest absolute Gasteiger partial charge is 0.123 e. The van der Waals surface area contributed by atoms with Crippen molar-refractivity contribution in [1.82, 2.24) is 9.80 Å². The van der Waals surface area contributed by atoms with E-state index in [-0.39, 0.29) is 5.48 Å². The third-order valence-electron chi connectivity index (χ3n) is 3.78. The van der Waals surface area contributed by atoms with Gasteiger partial charge < -0.3 is 15.1 Å².